The lowest BCUT2D eigenvalue weighted by molar-refractivity contribution is -0.149. The topological polar surface area (TPSA) is 229 Å². The van der Waals surface area contributed by atoms with Gasteiger partial charge in [-0.2, -0.15) is 0 Å². The van der Waals surface area contributed by atoms with Crippen LogP contribution in [0.3, 0.4) is 0 Å². The Kier molecular flexibility index (Phi) is 15.0. The number of carbonyl (C=O) groups is 7. The van der Waals surface area contributed by atoms with E-state index in [9.17, 15) is 47.4 Å². The molecule has 3 aromatic carbocycles. The highest BCUT2D eigenvalue weighted by Gasteiger charge is 2.52. The second-order valence-corrected chi connectivity index (χ2v) is 16.2. The number of imide groups is 2. The lowest BCUT2D eigenvalue weighted by Crippen LogP contribution is -2.54. The maximum atomic E-state index is 13.5. The number of amides is 7. The van der Waals surface area contributed by atoms with Gasteiger partial charge in [-0.3, -0.25) is 43.8 Å². The van der Waals surface area contributed by atoms with E-state index in [0.717, 1.165) is 49.1 Å². The zero-order valence-corrected chi connectivity index (χ0v) is 35.6. The quantitative estimate of drug-likeness (QED) is 0.0377. The fourth-order valence-electron chi connectivity index (χ4n) is 8.00. The lowest BCUT2D eigenvalue weighted by Gasteiger charge is -2.27. The van der Waals surface area contributed by atoms with Gasteiger partial charge in [0.2, 0.25) is 17.4 Å². The fourth-order valence-corrected chi connectivity index (χ4v) is 8.00. The third-order valence-electron chi connectivity index (χ3n) is 11.5. The van der Waals surface area contributed by atoms with Gasteiger partial charge in [0.1, 0.15) is 23.4 Å². The van der Waals surface area contributed by atoms with Crippen molar-refractivity contribution in [2.75, 3.05) is 56.3 Å². The van der Waals surface area contributed by atoms with Crippen LogP contribution < -0.4 is 26.2 Å². The number of anilines is 2. The van der Waals surface area contributed by atoms with Crippen LogP contribution in [0.25, 0.3) is 10.9 Å². The Hall–Kier alpha value is -6.57. The summed E-state index contributed by atoms with van der Waals surface area (Å²) < 4.78 is 38.6. The summed E-state index contributed by atoms with van der Waals surface area (Å²) >= 11 is 0. The molecule has 0 aliphatic carbocycles. The molecule has 3 aliphatic heterocycles. The van der Waals surface area contributed by atoms with Crippen LogP contribution in [0, 0.1) is 11.6 Å². The number of fused-ring (bicyclic) bond motifs is 2. The van der Waals surface area contributed by atoms with Crippen LogP contribution in [0.15, 0.2) is 60.7 Å². The molecule has 0 spiro atoms. The average Bonchev–Trinajstić information content (AvgIpc) is 3.92. The molecule has 3 aliphatic rings. The van der Waals surface area contributed by atoms with Gasteiger partial charge in [0, 0.05) is 93.8 Å². The molecule has 1 aromatic heterocycles. The zero-order chi connectivity index (χ0) is 46.1. The zero-order valence-electron chi connectivity index (χ0n) is 35.6. The monoisotopic (exact) mass is 899 g/mol. The molecule has 6 N–H and O–H groups in total. The Labute approximate surface area is 372 Å². The predicted octanol–water partition coefficient (Wildman–Crippen LogP) is 3.85. The lowest BCUT2D eigenvalue weighted by atomic mass is 10.0. The van der Waals surface area contributed by atoms with E-state index < -0.39 is 58.7 Å². The van der Waals surface area contributed by atoms with Gasteiger partial charge in [0.25, 0.3) is 29.5 Å². The Bertz CT molecular complexity index is 2460. The Morgan fingerprint density at radius 2 is 1.46 bits per heavy atom. The second kappa shape index (κ2) is 21.0. The summed E-state index contributed by atoms with van der Waals surface area (Å²) in [4.78, 5) is 94.0. The highest BCUT2D eigenvalue weighted by Crippen LogP contribution is 2.32. The highest BCUT2D eigenvalue weighted by atomic mass is 19.1. The minimum Gasteiger partial charge on any atom is -0.385 e. The SMILES string of the molecule is O=C1CCC(N2C(=O)c3ccc(NCCCCOCCCCOCCCCNC(=O)c4cc5cc(N6CC[C@](O)(C(=O)NCc7cc(F)cc(F)c7)C6=O)ccc5[nH]4)cc3C2=O)C(=O)N1. The molecule has 4 heterocycles. The molecule has 65 heavy (non-hydrogen) atoms. The number of H-pyrrole nitrogens is 1. The van der Waals surface area contributed by atoms with Crippen molar-refractivity contribution < 1.29 is 56.9 Å². The van der Waals surface area contributed by atoms with Crippen molar-refractivity contribution in [3.63, 3.8) is 0 Å². The van der Waals surface area contributed by atoms with E-state index >= 15 is 0 Å². The van der Waals surface area contributed by atoms with E-state index in [1.165, 1.54) is 4.90 Å². The van der Waals surface area contributed by atoms with Crippen LogP contribution in [0.5, 0.6) is 0 Å². The van der Waals surface area contributed by atoms with Crippen LogP contribution in [-0.2, 0) is 35.2 Å². The number of rotatable bonds is 22. The van der Waals surface area contributed by atoms with Gasteiger partial charge in [-0.15, -0.1) is 0 Å². The van der Waals surface area contributed by atoms with Gasteiger partial charge in [0.15, 0.2) is 0 Å². The standard InChI is InChI=1S/C46H51F2N7O10/c47-30-21-28(22-31(48)25-30)27-51-44(61)46(63)13-16-54(45(46)62)33-8-10-36-29(23-33)24-37(52-36)40(57)50-15-2-4-18-65-20-6-5-19-64-17-3-1-14-49-32-7-9-34-35(26-32)43(60)55(42(34)59)38-11-12-39(56)53-41(38)58/h7-10,21-26,38,49,52,63H,1-6,11-20,27H2,(H,50,57)(H,51,61)(H,53,56,58)/t38?,46-/m0/s1. The maximum absolute atomic E-state index is 13.5. The summed E-state index contributed by atoms with van der Waals surface area (Å²) in [5.74, 6) is -5.86. The molecule has 2 atom stereocenters. The summed E-state index contributed by atoms with van der Waals surface area (Å²) in [6.45, 7) is 3.24. The molecule has 2 fully saturated rings. The summed E-state index contributed by atoms with van der Waals surface area (Å²) in [7, 11) is 0. The number of carbonyl (C=O) groups excluding carboxylic acids is 7. The summed E-state index contributed by atoms with van der Waals surface area (Å²) in [5.41, 5.74) is 0.367. The number of aromatic amines is 1. The van der Waals surface area contributed by atoms with Crippen molar-refractivity contribution >= 4 is 63.6 Å². The van der Waals surface area contributed by atoms with Crippen LogP contribution in [0.2, 0.25) is 0 Å². The van der Waals surface area contributed by atoms with Crippen molar-refractivity contribution in [1.82, 2.24) is 25.8 Å². The third-order valence-corrected chi connectivity index (χ3v) is 11.5. The normalized spacial score (nSPS) is 18.4. The average molecular weight is 900 g/mol. The molecule has 0 saturated carbocycles. The fraction of sp³-hybridized carbons (Fsp3) is 0.413. The van der Waals surface area contributed by atoms with Crippen LogP contribution in [0.4, 0.5) is 20.2 Å². The minimum absolute atomic E-state index is 0.0526. The molecule has 7 amide bonds. The maximum Gasteiger partial charge on any atom is 0.268 e. The van der Waals surface area contributed by atoms with Crippen molar-refractivity contribution in [3.05, 3.63) is 94.7 Å². The number of ether oxygens (including phenoxy) is 2. The molecule has 2 saturated heterocycles. The van der Waals surface area contributed by atoms with Gasteiger partial charge < -0.3 is 40.4 Å². The van der Waals surface area contributed by atoms with Crippen molar-refractivity contribution in [3.8, 4) is 0 Å². The Balaban J connectivity index is 0.707. The number of unbranched alkanes of at least 4 members (excludes halogenated alkanes) is 3. The number of aromatic nitrogens is 1. The molecular formula is C46H51F2N7O10. The number of nitrogens with one attached hydrogen (secondary N) is 5. The van der Waals surface area contributed by atoms with Crippen LogP contribution in [-0.4, -0.2) is 114 Å². The van der Waals surface area contributed by atoms with Crippen molar-refractivity contribution in [2.24, 2.45) is 0 Å². The molecule has 7 rings (SSSR count). The van der Waals surface area contributed by atoms with Gasteiger partial charge in [-0.05, 0) is 105 Å². The molecule has 344 valence electrons. The minimum atomic E-state index is -2.35. The molecule has 19 heteroatoms. The number of hydrogen-bond donors (Lipinski definition) is 6. The number of nitrogens with zero attached hydrogens (tertiary/aromatic N) is 2. The Morgan fingerprint density at radius 1 is 0.785 bits per heavy atom. The second-order valence-electron chi connectivity index (χ2n) is 16.2. The predicted molar refractivity (Wildman–Crippen MR) is 232 cm³/mol. The summed E-state index contributed by atoms with van der Waals surface area (Å²) in [6.07, 6.45) is 4.83. The Morgan fingerprint density at radius 3 is 2.17 bits per heavy atom. The molecule has 0 radical (unpaired) electrons. The number of piperidine rings is 1. The van der Waals surface area contributed by atoms with Gasteiger partial charge in [-0.25, -0.2) is 8.78 Å². The number of aliphatic hydroxyl groups is 1. The van der Waals surface area contributed by atoms with Crippen molar-refractivity contribution in [1.29, 1.82) is 0 Å². The van der Waals surface area contributed by atoms with E-state index in [2.05, 4.69) is 26.3 Å². The number of benzene rings is 3. The van der Waals surface area contributed by atoms with Gasteiger partial charge in [-0.1, -0.05) is 0 Å². The summed E-state index contributed by atoms with van der Waals surface area (Å²) in [5, 5.41) is 22.4. The number of halogens is 2. The van der Waals surface area contributed by atoms with Gasteiger partial charge in [0.05, 0.1) is 11.1 Å². The number of hydrogen-bond acceptors (Lipinski definition) is 11. The van der Waals surface area contributed by atoms with E-state index in [4.69, 9.17) is 9.47 Å². The first kappa shape index (κ1) is 46.4. The first-order valence-electron chi connectivity index (χ1n) is 21.8. The first-order valence-corrected chi connectivity index (χ1v) is 21.8. The highest BCUT2D eigenvalue weighted by molar-refractivity contribution is 6.24. The first-order chi connectivity index (χ1) is 31.3. The molecule has 4 aromatic rings. The van der Waals surface area contributed by atoms with E-state index in [1.807, 2.05) is 0 Å². The molecule has 17 nitrogen and oxygen atoms in total. The van der Waals surface area contributed by atoms with Crippen LogP contribution in [0.1, 0.15) is 94.6 Å². The molecular weight excluding hydrogens is 849 g/mol. The van der Waals surface area contributed by atoms with Gasteiger partial charge >= 0.3 is 0 Å². The van der Waals surface area contributed by atoms with E-state index in [-0.39, 0.29) is 54.9 Å². The molecule has 0 bridgehead atoms. The third kappa shape index (κ3) is 11.0. The summed E-state index contributed by atoms with van der Waals surface area (Å²) in [6, 6.07) is 13.4. The van der Waals surface area contributed by atoms with Crippen LogP contribution >= 0.6 is 0 Å². The largest absolute Gasteiger partial charge is 0.385 e. The van der Waals surface area contributed by atoms with Crippen molar-refractivity contribution in [2.45, 2.75) is 76.0 Å². The smallest absolute Gasteiger partial charge is 0.268 e. The molecule has 1 unspecified atom stereocenters. The van der Waals surface area contributed by atoms with E-state index in [1.54, 1.807) is 42.5 Å². The van der Waals surface area contributed by atoms with E-state index in [0.29, 0.717) is 80.0 Å².